The van der Waals surface area contributed by atoms with Crippen molar-refractivity contribution >= 4 is 0 Å². The van der Waals surface area contributed by atoms with Gasteiger partial charge in [0.05, 0.1) is 0 Å². The number of hydrogen-bond acceptors (Lipinski definition) is 2. The van der Waals surface area contributed by atoms with E-state index >= 15 is 0 Å². The smallest absolute Gasteiger partial charge is 0.0283 e. The first-order valence-corrected chi connectivity index (χ1v) is 5.69. The molecular formula is C11H22N2. The number of nitrogens with zero attached hydrogens (tertiary/aromatic N) is 1. The van der Waals surface area contributed by atoms with Gasteiger partial charge in [0.1, 0.15) is 0 Å². The van der Waals surface area contributed by atoms with Crippen molar-refractivity contribution in [3.05, 3.63) is 0 Å². The molecule has 1 saturated heterocycles. The molecule has 2 rings (SSSR count). The van der Waals surface area contributed by atoms with Gasteiger partial charge in [0.25, 0.3) is 0 Å². The molecule has 2 fully saturated rings. The molecule has 0 amide bonds. The second-order valence-electron chi connectivity index (χ2n) is 5.20. The molecule has 0 aromatic rings. The molecule has 2 aliphatic rings. The maximum absolute atomic E-state index is 6.24. The fraction of sp³-hybridized carbons (Fsp3) is 1.00. The lowest BCUT2D eigenvalue weighted by atomic mass is 9.77. The second-order valence-corrected chi connectivity index (χ2v) is 5.20. The summed E-state index contributed by atoms with van der Waals surface area (Å²) >= 11 is 0. The average molecular weight is 182 g/mol. The van der Waals surface area contributed by atoms with Gasteiger partial charge in [-0.25, -0.2) is 0 Å². The molecule has 2 heteroatoms. The molecule has 1 saturated carbocycles. The molecule has 13 heavy (non-hydrogen) atoms. The predicted molar refractivity (Wildman–Crippen MR) is 55.6 cm³/mol. The number of nitrogens with two attached hydrogens (primary N) is 1. The average Bonchev–Trinajstić information content (AvgIpc) is 2.01. The fourth-order valence-corrected chi connectivity index (χ4v) is 2.66. The first-order valence-electron chi connectivity index (χ1n) is 5.69. The maximum Gasteiger partial charge on any atom is 0.0283 e. The minimum atomic E-state index is 0.192. The van der Waals surface area contributed by atoms with Gasteiger partial charge in [-0.3, -0.25) is 0 Å². The van der Waals surface area contributed by atoms with Crippen molar-refractivity contribution in [3.8, 4) is 0 Å². The van der Waals surface area contributed by atoms with Crippen LogP contribution in [0.1, 0.15) is 39.0 Å². The molecule has 1 unspecified atom stereocenters. The number of piperidine rings is 1. The monoisotopic (exact) mass is 182 g/mol. The van der Waals surface area contributed by atoms with E-state index in [0.29, 0.717) is 0 Å². The second kappa shape index (κ2) is 3.58. The molecule has 1 atom stereocenters. The lowest BCUT2D eigenvalue weighted by Crippen LogP contribution is -2.56. The van der Waals surface area contributed by atoms with Crippen LogP contribution in [-0.4, -0.2) is 30.1 Å². The van der Waals surface area contributed by atoms with E-state index in [1.165, 1.54) is 45.2 Å². The molecule has 0 bridgehead atoms. The zero-order chi connectivity index (χ0) is 9.31. The Balaban J connectivity index is 1.80. The van der Waals surface area contributed by atoms with Gasteiger partial charge >= 0.3 is 0 Å². The van der Waals surface area contributed by atoms with Gasteiger partial charge in [-0.2, -0.15) is 0 Å². The molecule has 2 N–H and O–H groups in total. The van der Waals surface area contributed by atoms with Crippen molar-refractivity contribution in [3.63, 3.8) is 0 Å². The SMILES string of the molecule is CC1CCCN(CC2(N)CCC2)C1. The summed E-state index contributed by atoms with van der Waals surface area (Å²) in [5.41, 5.74) is 6.43. The normalized spacial score (nSPS) is 34.2. The van der Waals surface area contributed by atoms with Crippen LogP contribution < -0.4 is 5.73 Å². The molecule has 1 aliphatic carbocycles. The summed E-state index contributed by atoms with van der Waals surface area (Å²) in [5, 5.41) is 0. The Bertz CT molecular complexity index is 175. The number of hydrogen-bond donors (Lipinski definition) is 1. The van der Waals surface area contributed by atoms with Gasteiger partial charge in [0, 0.05) is 18.6 Å². The lowest BCUT2D eigenvalue weighted by molar-refractivity contribution is 0.108. The summed E-state index contributed by atoms with van der Waals surface area (Å²) < 4.78 is 0. The highest BCUT2D eigenvalue weighted by molar-refractivity contribution is 4.95. The predicted octanol–water partition coefficient (Wildman–Crippen LogP) is 1.60. The van der Waals surface area contributed by atoms with E-state index in [1.807, 2.05) is 0 Å². The highest BCUT2D eigenvalue weighted by Crippen LogP contribution is 2.31. The van der Waals surface area contributed by atoms with Crippen LogP contribution in [0, 0.1) is 5.92 Å². The molecule has 1 heterocycles. The molecule has 0 radical (unpaired) electrons. The minimum absolute atomic E-state index is 0.192. The Labute approximate surface area is 81.5 Å². The van der Waals surface area contributed by atoms with E-state index in [9.17, 15) is 0 Å². The quantitative estimate of drug-likeness (QED) is 0.703. The third-order valence-electron chi connectivity index (χ3n) is 3.63. The van der Waals surface area contributed by atoms with Crippen LogP contribution in [0.2, 0.25) is 0 Å². The van der Waals surface area contributed by atoms with E-state index in [4.69, 9.17) is 5.73 Å². The Hall–Kier alpha value is -0.0800. The van der Waals surface area contributed by atoms with Crippen molar-refractivity contribution in [2.24, 2.45) is 11.7 Å². The van der Waals surface area contributed by atoms with Crippen molar-refractivity contribution in [1.29, 1.82) is 0 Å². The van der Waals surface area contributed by atoms with Crippen LogP contribution >= 0.6 is 0 Å². The van der Waals surface area contributed by atoms with Gasteiger partial charge < -0.3 is 10.6 Å². The minimum Gasteiger partial charge on any atom is -0.324 e. The Morgan fingerprint density at radius 1 is 1.38 bits per heavy atom. The van der Waals surface area contributed by atoms with Gasteiger partial charge in [0.2, 0.25) is 0 Å². The molecule has 1 aliphatic heterocycles. The molecule has 2 nitrogen and oxygen atoms in total. The third-order valence-corrected chi connectivity index (χ3v) is 3.63. The summed E-state index contributed by atoms with van der Waals surface area (Å²) in [7, 11) is 0. The van der Waals surface area contributed by atoms with Crippen LogP contribution in [0.25, 0.3) is 0 Å². The number of rotatable bonds is 2. The highest BCUT2D eigenvalue weighted by atomic mass is 15.2. The van der Waals surface area contributed by atoms with Gasteiger partial charge in [-0.05, 0) is 44.6 Å². The van der Waals surface area contributed by atoms with Gasteiger partial charge in [0.15, 0.2) is 0 Å². The maximum atomic E-state index is 6.24. The first kappa shape index (κ1) is 9.47. The van der Waals surface area contributed by atoms with Gasteiger partial charge in [-0.15, -0.1) is 0 Å². The van der Waals surface area contributed by atoms with Crippen LogP contribution in [-0.2, 0) is 0 Å². The molecule has 0 aromatic heterocycles. The van der Waals surface area contributed by atoms with Crippen LogP contribution in [0.5, 0.6) is 0 Å². The van der Waals surface area contributed by atoms with Crippen LogP contribution in [0.4, 0.5) is 0 Å². The zero-order valence-electron chi connectivity index (χ0n) is 8.76. The third kappa shape index (κ3) is 2.23. The van der Waals surface area contributed by atoms with E-state index in [2.05, 4.69) is 11.8 Å². The Morgan fingerprint density at radius 3 is 2.69 bits per heavy atom. The standard InChI is InChI=1S/C11H22N2/c1-10-4-2-7-13(8-10)9-11(12)5-3-6-11/h10H,2-9,12H2,1H3. The first-order chi connectivity index (χ1) is 6.18. The summed E-state index contributed by atoms with van der Waals surface area (Å²) in [6.07, 6.45) is 6.63. The molecular weight excluding hydrogens is 160 g/mol. The molecule has 76 valence electrons. The van der Waals surface area contributed by atoms with Crippen LogP contribution in [0.15, 0.2) is 0 Å². The van der Waals surface area contributed by atoms with Crippen LogP contribution in [0.3, 0.4) is 0 Å². The molecule has 0 spiro atoms. The fourth-order valence-electron chi connectivity index (χ4n) is 2.66. The summed E-state index contributed by atoms with van der Waals surface area (Å²) in [6, 6.07) is 0. The van der Waals surface area contributed by atoms with Crippen molar-refractivity contribution in [1.82, 2.24) is 4.90 Å². The summed E-state index contributed by atoms with van der Waals surface area (Å²) in [6.45, 7) is 6.07. The van der Waals surface area contributed by atoms with Crippen molar-refractivity contribution in [2.75, 3.05) is 19.6 Å². The largest absolute Gasteiger partial charge is 0.324 e. The summed E-state index contributed by atoms with van der Waals surface area (Å²) in [5.74, 6) is 0.887. The van der Waals surface area contributed by atoms with Crippen molar-refractivity contribution < 1.29 is 0 Å². The number of likely N-dealkylation sites (tertiary alicyclic amines) is 1. The Morgan fingerprint density at radius 2 is 2.15 bits per heavy atom. The van der Waals surface area contributed by atoms with Crippen molar-refractivity contribution in [2.45, 2.75) is 44.6 Å². The lowest BCUT2D eigenvalue weighted by Gasteiger charge is -2.44. The highest BCUT2D eigenvalue weighted by Gasteiger charge is 2.34. The molecule has 0 aromatic carbocycles. The van der Waals surface area contributed by atoms with E-state index in [0.717, 1.165) is 12.5 Å². The van der Waals surface area contributed by atoms with E-state index in [-0.39, 0.29) is 5.54 Å². The van der Waals surface area contributed by atoms with E-state index < -0.39 is 0 Å². The topological polar surface area (TPSA) is 29.3 Å². The van der Waals surface area contributed by atoms with Gasteiger partial charge in [-0.1, -0.05) is 6.92 Å². The zero-order valence-corrected chi connectivity index (χ0v) is 8.76. The van der Waals surface area contributed by atoms with E-state index in [1.54, 1.807) is 0 Å². The summed E-state index contributed by atoms with van der Waals surface area (Å²) in [4.78, 5) is 2.58. The Kier molecular flexibility index (Phi) is 2.61.